The molecule has 20 heavy (non-hydrogen) atoms. The summed E-state index contributed by atoms with van der Waals surface area (Å²) in [5.41, 5.74) is 0. The van der Waals surface area contributed by atoms with Gasteiger partial charge in [-0.15, -0.1) is 0 Å². The Morgan fingerprint density at radius 3 is 2.30 bits per heavy atom. The van der Waals surface area contributed by atoms with Crippen LogP contribution in [0.4, 0.5) is 0 Å². The molecule has 0 saturated carbocycles. The van der Waals surface area contributed by atoms with Gasteiger partial charge in [-0.05, 0) is 44.0 Å². The van der Waals surface area contributed by atoms with Gasteiger partial charge in [0.15, 0.2) is 6.10 Å². The molecular formula is C16H25NO3. The van der Waals surface area contributed by atoms with E-state index >= 15 is 0 Å². The Morgan fingerprint density at radius 2 is 1.80 bits per heavy atom. The third kappa shape index (κ3) is 5.11. The van der Waals surface area contributed by atoms with Crippen molar-refractivity contribution in [3.05, 3.63) is 24.3 Å². The van der Waals surface area contributed by atoms with E-state index in [1.54, 1.807) is 7.11 Å². The van der Waals surface area contributed by atoms with E-state index in [2.05, 4.69) is 12.2 Å². The monoisotopic (exact) mass is 279 g/mol. The topological polar surface area (TPSA) is 47.6 Å². The lowest BCUT2D eigenvalue weighted by Crippen LogP contribution is -2.42. The summed E-state index contributed by atoms with van der Waals surface area (Å²) in [6, 6.07) is 7.44. The van der Waals surface area contributed by atoms with E-state index in [9.17, 15) is 4.79 Å². The molecule has 0 bridgehead atoms. The van der Waals surface area contributed by atoms with Gasteiger partial charge in [-0.2, -0.15) is 0 Å². The van der Waals surface area contributed by atoms with E-state index in [4.69, 9.17) is 9.47 Å². The summed E-state index contributed by atoms with van der Waals surface area (Å²) in [7, 11) is 1.62. The highest BCUT2D eigenvalue weighted by molar-refractivity contribution is 5.81. The molecule has 0 radical (unpaired) electrons. The number of hydrogen-bond donors (Lipinski definition) is 1. The van der Waals surface area contributed by atoms with Crippen molar-refractivity contribution < 1.29 is 14.3 Å². The van der Waals surface area contributed by atoms with Crippen LogP contribution in [0.3, 0.4) is 0 Å². The third-order valence-electron chi connectivity index (χ3n) is 3.11. The van der Waals surface area contributed by atoms with Crippen LogP contribution in [-0.2, 0) is 4.79 Å². The van der Waals surface area contributed by atoms with E-state index in [1.807, 2.05) is 38.1 Å². The SMILES string of the molecule is CCC[C@H](C)NC(=O)[C@H](CC)Oc1ccc(OC)cc1. The van der Waals surface area contributed by atoms with Gasteiger partial charge in [0.2, 0.25) is 0 Å². The Hall–Kier alpha value is -1.71. The summed E-state index contributed by atoms with van der Waals surface area (Å²) < 4.78 is 10.8. The van der Waals surface area contributed by atoms with Crippen molar-refractivity contribution in [1.29, 1.82) is 0 Å². The molecule has 0 spiro atoms. The smallest absolute Gasteiger partial charge is 0.261 e. The summed E-state index contributed by atoms with van der Waals surface area (Å²) in [6.07, 6.45) is 2.21. The molecule has 0 aliphatic rings. The molecule has 1 amide bonds. The first kappa shape index (κ1) is 16.3. The van der Waals surface area contributed by atoms with E-state index in [0.29, 0.717) is 12.2 Å². The van der Waals surface area contributed by atoms with Crippen molar-refractivity contribution in [3.8, 4) is 11.5 Å². The number of benzene rings is 1. The molecule has 1 aromatic carbocycles. The second-order valence-electron chi connectivity index (χ2n) is 4.89. The Labute approximate surface area is 121 Å². The van der Waals surface area contributed by atoms with Crippen LogP contribution >= 0.6 is 0 Å². The maximum atomic E-state index is 12.1. The lowest BCUT2D eigenvalue weighted by atomic mass is 10.1. The molecule has 0 unspecified atom stereocenters. The van der Waals surface area contributed by atoms with Gasteiger partial charge in [0.25, 0.3) is 5.91 Å². The minimum Gasteiger partial charge on any atom is -0.497 e. The van der Waals surface area contributed by atoms with Crippen LogP contribution in [0.1, 0.15) is 40.0 Å². The van der Waals surface area contributed by atoms with Crippen LogP contribution in [-0.4, -0.2) is 25.2 Å². The van der Waals surface area contributed by atoms with Crippen molar-refractivity contribution in [2.24, 2.45) is 0 Å². The molecule has 1 aromatic rings. The maximum absolute atomic E-state index is 12.1. The quantitative estimate of drug-likeness (QED) is 0.795. The van der Waals surface area contributed by atoms with Gasteiger partial charge in [-0.25, -0.2) is 0 Å². The molecule has 0 aromatic heterocycles. The predicted octanol–water partition coefficient (Wildman–Crippen LogP) is 3.16. The predicted molar refractivity (Wildman–Crippen MR) is 80.2 cm³/mol. The van der Waals surface area contributed by atoms with E-state index in [0.717, 1.165) is 18.6 Å². The van der Waals surface area contributed by atoms with Crippen molar-refractivity contribution in [2.75, 3.05) is 7.11 Å². The van der Waals surface area contributed by atoms with Crippen molar-refractivity contribution in [3.63, 3.8) is 0 Å². The van der Waals surface area contributed by atoms with Gasteiger partial charge in [0.05, 0.1) is 7.11 Å². The van der Waals surface area contributed by atoms with Crippen LogP contribution in [0, 0.1) is 0 Å². The lowest BCUT2D eigenvalue weighted by Gasteiger charge is -2.20. The molecule has 0 fully saturated rings. The van der Waals surface area contributed by atoms with Crippen LogP contribution in [0.5, 0.6) is 11.5 Å². The summed E-state index contributed by atoms with van der Waals surface area (Å²) in [4.78, 5) is 12.1. The van der Waals surface area contributed by atoms with Gasteiger partial charge in [0, 0.05) is 6.04 Å². The Bertz CT molecular complexity index is 403. The molecule has 0 heterocycles. The van der Waals surface area contributed by atoms with Crippen LogP contribution < -0.4 is 14.8 Å². The summed E-state index contributed by atoms with van der Waals surface area (Å²) in [5, 5.41) is 2.99. The summed E-state index contributed by atoms with van der Waals surface area (Å²) >= 11 is 0. The molecule has 112 valence electrons. The molecule has 0 aliphatic carbocycles. The van der Waals surface area contributed by atoms with Gasteiger partial charge < -0.3 is 14.8 Å². The first-order chi connectivity index (χ1) is 9.60. The molecule has 1 N–H and O–H groups in total. The zero-order valence-corrected chi connectivity index (χ0v) is 12.8. The Morgan fingerprint density at radius 1 is 1.20 bits per heavy atom. The van der Waals surface area contributed by atoms with Crippen molar-refractivity contribution in [1.82, 2.24) is 5.32 Å². The van der Waals surface area contributed by atoms with Crippen LogP contribution in [0.15, 0.2) is 24.3 Å². The average molecular weight is 279 g/mol. The highest BCUT2D eigenvalue weighted by atomic mass is 16.5. The number of carbonyl (C=O) groups excluding carboxylic acids is 1. The fraction of sp³-hybridized carbons (Fsp3) is 0.562. The van der Waals surface area contributed by atoms with Gasteiger partial charge in [0.1, 0.15) is 11.5 Å². The standard InChI is InChI=1S/C16H25NO3/c1-5-7-12(3)17-16(18)15(6-2)20-14-10-8-13(19-4)9-11-14/h8-12,15H,5-7H2,1-4H3,(H,17,18)/t12-,15-/m0/s1. The second kappa shape index (κ2) is 8.46. The molecule has 0 aliphatic heterocycles. The Kier molecular flexibility index (Phi) is 6.91. The number of hydrogen-bond acceptors (Lipinski definition) is 3. The molecule has 4 heteroatoms. The average Bonchev–Trinajstić information content (AvgIpc) is 2.45. The molecular weight excluding hydrogens is 254 g/mol. The largest absolute Gasteiger partial charge is 0.497 e. The van der Waals surface area contributed by atoms with Crippen molar-refractivity contribution in [2.45, 2.75) is 52.2 Å². The summed E-state index contributed by atoms with van der Waals surface area (Å²) in [5.74, 6) is 1.40. The lowest BCUT2D eigenvalue weighted by molar-refractivity contribution is -0.128. The summed E-state index contributed by atoms with van der Waals surface area (Å²) in [6.45, 7) is 6.06. The number of methoxy groups -OCH3 is 1. The van der Waals surface area contributed by atoms with E-state index in [-0.39, 0.29) is 11.9 Å². The minimum atomic E-state index is -0.456. The molecule has 1 rings (SSSR count). The van der Waals surface area contributed by atoms with Crippen LogP contribution in [0.2, 0.25) is 0 Å². The van der Waals surface area contributed by atoms with E-state index in [1.165, 1.54) is 0 Å². The molecule has 0 saturated heterocycles. The van der Waals surface area contributed by atoms with Gasteiger partial charge >= 0.3 is 0 Å². The third-order valence-corrected chi connectivity index (χ3v) is 3.11. The number of nitrogens with one attached hydrogen (secondary N) is 1. The fourth-order valence-electron chi connectivity index (χ4n) is 1.98. The zero-order valence-electron chi connectivity index (χ0n) is 12.8. The number of ether oxygens (including phenoxy) is 2. The van der Waals surface area contributed by atoms with Gasteiger partial charge in [-0.3, -0.25) is 4.79 Å². The normalized spacial score (nSPS) is 13.4. The van der Waals surface area contributed by atoms with Crippen molar-refractivity contribution >= 4 is 5.91 Å². The Balaban J connectivity index is 2.58. The number of carbonyl (C=O) groups is 1. The maximum Gasteiger partial charge on any atom is 0.261 e. The second-order valence-corrected chi connectivity index (χ2v) is 4.89. The number of amides is 1. The zero-order chi connectivity index (χ0) is 15.0. The van der Waals surface area contributed by atoms with E-state index < -0.39 is 6.10 Å². The van der Waals surface area contributed by atoms with Gasteiger partial charge in [-0.1, -0.05) is 20.3 Å². The minimum absolute atomic E-state index is 0.0516. The highest BCUT2D eigenvalue weighted by Gasteiger charge is 2.19. The molecule has 4 nitrogen and oxygen atoms in total. The molecule has 2 atom stereocenters. The number of rotatable bonds is 8. The van der Waals surface area contributed by atoms with Crippen LogP contribution in [0.25, 0.3) is 0 Å². The first-order valence-electron chi connectivity index (χ1n) is 7.21. The first-order valence-corrected chi connectivity index (χ1v) is 7.21. The fourth-order valence-corrected chi connectivity index (χ4v) is 1.98. The highest BCUT2D eigenvalue weighted by Crippen LogP contribution is 2.19.